The Morgan fingerprint density at radius 3 is 2.36 bits per heavy atom. The Labute approximate surface area is 85.9 Å². The van der Waals surface area contributed by atoms with Crippen LogP contribution in [0.2, 0.25) is 0 Å². The van der Waals surface area contributed by atoms with Crippen molar-refractivity contribution in [3.8, 4) is 0 Å². The van der Waals surface area contributed by atoms with Gasteiger partial charge in [0.05, 0.1) is 0 Å². The molecule has 0 saturated heterocycles. The van der Waals surface area contributed by atoms with Gasteiger partial charge < -0.3 is 5.32 Å². The van der Waals surface area contributed by atoms with Crippen molar-refractivity contribution in [1.82, 2.24) is 5.32 Å². The van der Waals surface area contributed by atoms with Gasteiger partial charge in [-0.3, -0.25) is 0 Å². The number of nitrogens with one attached hydrogen (secondary N) is 1. The molecule has 0 spiro atoms. The highest BCUT2D eigenvalue weighted by atomic mass is 16.4. The lowest BCUT2D eigenvalue weighted by Crippen LogP contribution is -2.21. The molecule has 0 aromatic rings. The Morgan fingerprint density at radius 2 is 1.79 bits per heavy atom. The van der Waals surface area contributed by atoms with Crippen molar-refractivity contribution in [2.24, 2.45) is 5.92 Å². The summed E-state index contributed by atoms with van der Waals surface area (Å²) in [4.78, 5) is 10.1. The first-order valence-electron chi connectivity index (χ1n) is 5.74. The molecule has 0 unspecified atom stereocenters. The summed E-state index contributed by atoms with van der Waals surface area (Å²) < 4.78 is 0. The van der Waals surface area contributed by atoms with Crippen molar-refractivity contribution in [3.63, 3.8) is 0 Å². The summed E-state index contributed by atoms with van der Waals surface area (Å²) in [6.07, 6.45) is 9.14. The van der Waals surface area contributed by atoms with Gasteiger partial charge in [-0.2, -0.15) is 0 Å². The third-order valence-electron chi connectivity index (χ3n) is 3.03. The fourth-order valence-electron chi connectivity index (χ4n) is 2.23. The molecule has 14 heavy (non-hydrogen) atoms. The predicted octanol–water partition coefficient (Wildman–Crippen LogP) is 2.88. The minimum absolute atomic E-state index is 0.554. The molecule has 1 saturated carbocycles. The maximum absolute atomic E-state index is 10.1. The zero-order valence-corrected chi connectivity index (χ0v) is 8.76. The molecule has 1 N–H and O–H groups in total. The average Bonchev–Trinajstić information content (AvgIpc) is 2.40. The average molecular weight is 198 g/mol. The van der Waals surface area contributed by atoms with Crippen LogP contribution in [-0.2, 0) is 5.11 Å². The minimum Gasteiger partial charge on any atom is -0.318 e. The van der Waals surface area contributed by atoms with Gasteiger partial charge in [0.25, 0.3) is 0 Å². The van der Waals surface area contributed by atoms with Gasteiger partial charge in [-0.05, 0) is 18.8 Å². The van der Waals surface area contributed by atoms with E-state index in [1.165, 1.54) is 44.9 Å². The monoisotopic (exact) mass is 198 g/mol. The zero-order chi connectivity index (χ0) is 10.2. The maximum Gasteiger partial charge on any atom is 0.450 e. The van der Waals surface area contributed by atoms with Gasteiger partial charge >= 0.3 is 6.09 Å². The molecule has 3 nitrogen and oxygen atoms in total. The van der Waals surface area contributed by atoms with E-state index in [0.717, 1.165) is 12.3 Å². The molecule has 0 aromatic heterocycles. The molecule has 1 fully saturated rings. The molecule has 0 aromatic carbocycles. The molecule has 1 aliphatic rings. The summed E-state index contributed by atoms with van der Waals surface area (Å²) in [5.41, 5.74) is 0. The van der Waals surface area contributed by atoms with Gasteiger partial charge in [-0.15, -0.1) is 0 Å². The Kier molecular flexibility index (Phi) is 5.42. The second-order valence-corrected chi connectivity index (χ2v) is 4.21. The number of carbonyl (C=O) groups excluding carboxylic acids is 1. The SMILES string of the molecule is [O]C(=O)NCCCC1CCCCCC1. The number of rotatable bonds is 4. The van der Waals surface area contributed by atoms with Crippen LogP contribution in [0.1, 0.15) is 51.4 Å². The van der Waals surface area contributed by atoms with Crippen molar-refractivity contribution in [1.29, 1.82) is 0 Å². The second kappa shape index (κ2) is 6.68. The van der Waals surface area contributed by atoms with Gasteiger partial charge in [0, 0.05) is 6.54 Å². The van der Waals surface area contributed by atoms with Gasteiger partial charge in [0.1, 0.15) is 0 Å². The molecule has 1 radical (unpaired) electrons. The Morgan fingerprint density at radius 1 is 1.14 bits per heavy atom. The normalized spacial score (nSPS) is 18.9. The van der Waals surface area contributed by atoms with Gasteiger partial charge in [0.15, 0.2) is 0 Å². The van der Waals surface area contributed by atoms with Crippen molar-refractivity contribution < 1.29 is 9.90 Å². The Balaban J connectivity index is 2.01. The first kappa shape index (κ1) is 11.3. The predicted molar refractivity (Wildman–Crippen MR) is 54.5 cm³/mol. The largest absolute Gasteiger partial charge is 0.450 e. The van der Waals surface area contributed by atoms with E-state index < -0.39 is 6.09 Å². The molecule has 1 aliphatic carbocycles. The first-order chi connectivity index (χ1) is 6.79. The van der Waals surface area contributed by atoms with Gasteiger partial charge in [-0.1, -0.05) is 38.5 Å². The van der Waals surface area contributed by atoms with E-state index >= 15 is 0 Å². The maximum atomic E-state index is 10.1. The molecule has 0 atom stereocenters. The minimum atomic E-state index is -1.15. The van der Waals surface area contributed by atoms with Crippen LogP contribution >= 0.6 is 0 Å². The molecular weight excluding hydrogens is 178 g/mol. The molecule has 81 valence electrons. The Bertz CT molecular complexity index is 163. The van der Waals surface area contributed by atoms with Crippen LogP contribution < -0.4 is 5.32 Å². The molecule has 0 aliphatic heterocycles. The van der Waals surface area contributed by atoms with Gasteiger partial charge in [-0.25, -0.2) is 9.90 Å². The lowest BCUT2D eigenvalue weighted by Gasteiger charge is -2.12. The smallest absolute Gasteiger partial charge is 0.318 e. The fourth-order valence-corrected chi connectivity index (χ4v) is 2.23. The number of hydrogen-bond acceptors (Lipinski definition) is 1. The number of carbonyl (C=O) groups is 1. The highest BCUT2D eigenvalue weighted by Gasteiger charge is 2.11. The second-order valence-electron chi connectivity index (χ2n) is 4.21. The zero-order valence-electron chi connectivity index (χ0n) is 8.76. The lowest BCUT2D eigenvalue weighted by atomic mass is 9.95. The van der Waals surface area contributed by atoms with Crippen LogP contribution in [0, 0.1) is 5.92 Å². The standard InChI is InChI=1S/C11H20NO2/c13-11(14)12-9-5-8-10-6-3-1-2-4-7-10/h10,12H,1-9H2. The highest BCUT2D eigenvalue weighted by Crippen LogP contribution is 2.25. The first-order valence-corrected chi connectivity index (χ1v) is 5.74. The summed E-state index contributed by atoms with van der Waals surface area (Å²) in [5, 5.41) is 12.4. The van der Waals surface area contributed by atoms with Crippen LogP contribution in [0.15, 0.2) is 0 Å². The number of amides is 1. The molecule has 0 bridgehead atoms. The van der Waals surface area contributed by atoms with E-state index in [0.29, 0.717) is 6.54 Å². The van der Waals surface area contributed by atoms with E-state index in [1.54, 1.807) is 0 Å². The van der Waals surface area contributed by atoms with Gasteiger partial charge in [0.2, 0.25) is 0 Å². The van der Waals surface area contributed by atoms with Crippen molar-refractivity contribution in [3.05, 3.63) is 0 Å². The van der Waals surface area contributed by atoms with Crippen molar-refractivity contribution in [2.75, 3.05) is 6.54 Å². The van der Waals surface area contributed by atoms with E-state index in [9.17, 15) is 9.90 Å². The van der Waals surface area contributed by atoms with Crippen molar-refractivity contribution >= 4 is 6.09 Å². The third kappa shape index (κ3) is 5.10. The third-order valence-corrected chi connectivity index (χ3v) is 3.03. The molecule has 1 amide bonds. The van der Waals surface area contributed by atoms with Crippen LogP contribution in [0.5, 0.6) is 0 Å². The van der Waals surface area contributed by atoms with E-state index in [2.05, 4.69) is 5.32 Å². The molecular formula is C11H20NO2. The highest BCUT2D eigenvalue weighted by molar-refractivity contribution is 5.63. The van der Waals surface area contributed by atoms with E-state index in [-0.39, 0.29) is 0 Å². The molecule has 3 heteroatoms. The summed E-state index contributed by atoms with van der Waals surface area (Å²) in [5.74, 6) is 0.834. The Hall–Kier alpha value is -0.730. The van der Waals surface area contributed by atoms with E-state index in [4.69, 9.17) is 0 Å². The topological polar surface area (TPSA) is 49.0 Å². The molecule has 1 rings (SSSR count). The van der Waals surface area contributed by atoms with Crippen LogP contribution in [0.25, 0.3) is 0 Å². The number of hydrogen-bond donors (Lipinski definition) is 1. The molecule has 0 heterocycles. The van der Waals surface area contributed by atoms with Crippen molar-refractivity contribution in [2.45, 2.75) is 51.4 Å². The fraction of sp³-hybridized carbons (Fsp3) is 0.909. The summed E-state index contributed by atoms with van der Waals surface area (Å²) >= 11 is 0. The van der Waals surface area contributed by atoms with E-state index in [1.807, 2.05) is 0 Å². The van der Waals surface area contributed by atoms with Crippen LogP contribution in [-0.4, -0.2) is 12.6 Å². The van der Waals surface area contributed by atoms with Crippen LogP contribution in [0.4, 0.5) is 4.79 Å². The lowest BCUT2D eigenvalue weighted by molar-refractivity contribution is 0.168. The quantitative estimate of drug-likeness (QED) is 0.548. The summed E-state index contributed by atoms with van der Waals surface area (Å²) in [6, 6.07) is 0. The summed E-state index contributed by atoms with van der Waals surface area (Å²) in [7, 11) is 0. The van der Waals surface area contributed by atoms with Crippen LogP contribution in [0.3, 0.4) is 0 Å². The summed E-state index contributed by atoms with van der Waals surface area (Å²) in [6.45, 7) is 0.554.